The zero-order valence-corrected chi connectivity index (χ0v) is 16.4. The quantitative estimate of drug-likeness (QED) is 0.623. The van der Waals surface area contributed by atoms with E-state index in [1.165, 1.54) is 4.40 Å². The van der Waals surface area contributed by atoms with Crippen LogP contribution in [0, 0.1) is 0 Å². The molecule has 0 aliphatic carbocycles. The molecule has 6 nitrogen and oxygen atoms in total. The number of halogens is 1. The summed E-state index contributed by atoms with van der Waals surface area (Å²) in [4.78, 5) is 18.9. The molecule has 0 atom stereocenters. The summed E-state index contributed by atoms with van der Waals surface area (Å²) in [7, 11) is 5.26. The molecular formula is C20H22ClN3O3. The van der Waals surface area contributed by atoms with Gasteiger partial charge in [-0.05, 0) is 43.3 Å². The monoisotopic (exact) mass is 387 g/mol. The maximum atomic E-state index is 12.3. The van der Waals surface area contributed by atoms with E-state index in [9.17, 15) is 4.79 Å². The number of hydrogen-bond donors (Lipinski definition) is 0. The molecule has 2 heterocycles. The van der Waals surface area contributed by atoms with Gasteiger partial charge in [-0.25, -0.2) is 4.98 Å². The van der Waals surface area contributed by atoms with Crippen molar-refractivity contribution in [2.75, 3.05) is 27.8 Å². The number of hydrogen-bond acceptors (Lipinski definition) is 5. The Labute approximate surface area is 162 Å². The number of fused-ring (bicyclic) bond motifs is 1. The summed E-state index contributed by atoms with van der Waals surface area (Å²) in [5, 5.41) is 0.506. The third-order valence-corrected chi connectivity index (χ3v) is 4.56. The Morgan fingerprint density at radius 2 is 1.89 bits per heavy atom. The van der Waals surface area contributed by atoms with Crippen LogP contribution in [0.2, 0.25) is 5.02 Å². The zero-order chi connectivity index (χ0) is 19.4. The van der Waals surface area contributed by atoms with Gasteiger partial charge in [0.15, 0.2) is 11.5 Å². The average Bonchev–Trinajstić information content (AvgIpc) is 2.66. The number of pyridine rings is 1. The fraction of sp³-hybridized carbons (Fsp3) is 0.300. The van der Waals surface area contributed by atoms with Crippen molar-refractivity contribution in [3.63, 3.8) is 0 Å². The molecule has 2 aromatic heterocycles. The molecule has 0 aliphatic rings. The smallest absolute Gasteiger partial charge is 0.258 e. The summed E-state index contributed by atoms with van der Waals surface area (Å²) in [6.45, 7) is 1.40. The van der Waals surface area contributed by atoms with Crippen LogP contribution in [0.25, 0.3) is 5.65 Å². The highest BCUT2D eigenvalue weighted by atomic mass is 35.5. The number of ether oxygens (including phenoxy) is 2. The summed E-state index contributed by atoms with van der Waals surface area (Å²) in [6.07, 6.45) is 2.43. The molecule has 3 aromatic rings. The van der Waals surface area contributed by atoms with Crippen molar-refractivity contribution in [3.8, 4) is 11.5 Å². The molecule has 0 fully saturated rings. The molecule has 7 heteroatoms. The maximum absolute atomic E-state index is 12.3. The second kappa shape index (κ2) is 8.41. The molecule has 3 rings (SSSR count). The Morgan fingerprint density at radius 3 is 2.63 bits per heavy atom. The second-order valence-electron chi connectivity index (χ2n) is 6.34. The first kappa shape index (κ1) is 19.2. The molecule has 0 radical (unpaired) electrons. The van der Waals surface area contributed by atoms with Crippen LogP contribution in [0.3, 0.4) is 0 Å². The van der Waals surface area contributed by atoms with Crippen molar-refractivity contribution in [3.05, 3.63) is 69.2 Å². The van der Waals surface area contributed by atoms with Crippen LogP contribution >= 0.6 is 11.6 Å². The minimum absolute atomic E-state index is 0.134. The van der Waals surface area contributed by atoms with E-state index in [0.717, 1.165) is 35.7 Å². The van der Waals surface area contributed by atoms with E-state index in [1.54, 1.807) is 38.6 Å². The first-order valence-corrected chi connectivity index (χ1v) is 8.95. The highest BCUT2D eigenvalue weighted by Gasteiger charge is 2.08. The van der Waals surface area contributed by atoms with E-state index < -0.39 is 0 Å². The highest BCUT2D eigenvalue weighted by Crippen LogP contribution is 2.27. The first-order valence-electron chi connectivity index (χ1n) is 8.57. The van der Waals surface area contributed by atoms with Gasteiger partial charge in [0.2, 0.25) is 0 Å². The molecular weight excluding hydrogens is 366 g/mol. The second-order valence-corrected chi connectivity index (χ2v) is 6.77. The van der Waals surface area contributed by atoms with Crippen LogP contribution < -0.4 is 15.0 Å². The van der Waals surface area contributed by atoms with E-state index in [1.807, 2.05) is 25.2 Å². The van der Waals surface area contributed by atoms with Gasteiger partial charge in [-0.15, -0.1) is 0 Å². The summed E-state index contributed by atoms with van der Waals surface area (Å²) >= 11 is 5.94. The lowest BCUT2D eigenvalue weighted by atomic mass is 10.1. The number of likely N-dealkylation sites (N-methyl/N-ethyl adjacent to an activating group) is 1. The van der Waals surface area contributed by atoms with Crippen molar-refractivity contribution >= 4 is 17.2 Å². The largest absolute Gasteiger partial charge is 0.493 e. The molecule has 0 unspecified atom stereocenters. The predicted octanol–water partition coefficient (Wildman–Crippen LogP) is 3.04. The number of aromatic nitrogens is 2. The topological polar surface area (TPSA) is 56.1 Å². The molecule has 0 amide bonds. The molecule has 0 bridgehead atoms. The van der Waals surface area contributed by atoms with E-state index in [-0.39, 0.29) is 5.56 Å². The van der Waals surface area contributed by atoms with Crippen LogP contribution in [0.4, 0.5) is 0 Å². The van der Waals surface area contributed by atoms with Gasteiger partial charge in [-0.3, -0.25) is 9.20 Å². The van der Waals surface area contributed by atoms with Gasteiger partial charge in [-0.2, -0.15) is 0 Å². The zero-order valence-electron chi connectivity index (χ0n) is 15.6. The Morgan fingerprint density at radius 1 is 1.11 bits per heavy atom. The molecule has 1 aromatic carbocycles. The van der Waals surface area contributed by atoms with Crippen LogP contribution in [0.15, 0.2) is 47.4 Å². The van der Waals surface area contributed by atoms with Gasteiger partial charge in [0.1, 0.15) is 5.65 Å². The minimum atomic E-state index is -0.134. The summed E-state index contributed by atoms with van der Waals surface area (Å²) in [5.74, 6) is 1.44. The lowest BCUT2D eigenvalue weighted by Crippen LogP contribution is -2.24. The van der Waals surface area contributed by atoms with Gasteiger partial charge in [-0.1, -0.05) is 17.7 Å². The normalized spacial score (nSPS) is 11.1. The standard InChI is InChI=1S/C20H22ClN3O3/c1-23(9-8-14-4-6-17(26-2)18(10-14)27-3)13-16-11-20(25)24-12-15(21)5-7-19(24)22-16/h4-7,10-12H,8-9,13H2,1-3H3. The number of benzene rings is 1. The van der Waals surface area contributed by atoms with Crippen LogP contribution in [-0.2, 0) is 13.0 Å². The molecule has 142 valence electrons. The summed E-state index contributed by atoms with van der Waals surface area (Å²) in [5.41, 5.74) is 2.35. The lowest BCUT2D eigenvalue weighted by Gasteiger charge is -2.17. The Bertz CT molecular complexity index is 1000. The molecule has 0 saturated carbocycles. The SMILES string of the molecule is COc1ccc(CCN(C)Cc2cc(=O)n3cc(Cl)ccc3n2)cc1OC. The van der Waals surface area contributed by atoms with Gasteiger partial charge in [0.25, 0.3) is 5.56 Å². The Kier molecular flexibility index (Phi) is 5.98. The highest BCUT2D eigenvalue weighted by molar-refractivity contribution is 6.30. The average molecular weight is 388 g/mol. The van der Waals surface area contributed by atoms with Crippen molar-refractivity contribution < 1.29 is 9.47 Å². The van der Waals surface area contributed by atoms with Crippen LogP contribution in [0.5, 0.6) is 11.5 Å². The van der Waals surface area contributed by atoms with Gasteiger partial charge in [0, 0.05) is 25.4 Å². The van der Waals surface area contributed by atoms with E-state index >= 15 is 0 Å². The fourth-order valence-electron chi connectivity index (χ4n) is 2.92. The third kappa shape index (κ3) is 4.59. The summed E-state index contributed by atoms with van der Waals surface area (Å²) in [6, 6.07) is 10.9. The van der Waals surface area contributed by atoms with Crippen LogP contribution in [0.1, 0.15) is 11.3 Å². The lowest BCUT2D eigenvalue weighted by molar-refractivity contribution is 0.326. The fourth-order valence-corrected chi connectivity index (χ4v) is 3.08. The van der Waals surface area contributed by atoms with Gasteiger partial charge in [0.05, 0.1) is 24.9 Å². The Hall–Kier alpha value is -2.57. The first-order chi connectivity index (χ1) is 13.0. The predicted molar refractivity (Wildman–Crippen MR) is 106 cm³/mol. The van der Waals surface area contributed by atoms with Crippen molar-refractivity contribution in [2.24, 2.45) is 0 Å². The number of methoxy groups -OCH3 is 2. The summed E-state index contributed by atoms with van der Waals surface area (Å²) < 4.78 is 12.1. The molecule has 27 heavy (non-hydrogen) atoms. The van der Waals surface area contributed by atoms with E-state index in [2.05, 4.69) is 9.88 Å². The van der Waals surface area contributed by atoms with E-state index in [0.29, 0.717) is 17.2 Å². The molecule has 0 spiro atoms. The minimum Gasteiger partial charge on any atom is -0.493 e. The molecule has 0 N–H and O–H groups in total. The van der Waals surface area contributed by atoms with Crippen LogP contribution in [-0.4, -0.2) is 42.1 Å². The van der Waals surface area contributed by atoms with Crippen molar-refractivity contribution in [1.29, 1.82) is 0 Å². The maximum Gasteiger partial charge on any atom is 0.258 e. The van der Waals surface area contributed by atoms with E-state index in [4.69, 9.17) is 21.1 Å². The molecule has 0 saturated heterocycles. The van der Waals surface area contributed by atoms with Crippen molar-refractivity contribution in [2.45, 2.75) is 13.0 Å². The Balaban J connectivity index is 1.67. The third-order valence-electron chi connectivity index (χ3n) is 4.34. The number of nitrogens with zero attached hydrogens (tertiary/aromatic N) is 3. The van der Waals surface area contributed by atoms with Gasteiger partial charge >= 0.3 is 0 Å². The molecule has 0 aliphatic heterocycles. The van der Waals surface area contributed by atoms with Crippen molar-refractivity contribution in [1.82, 2.24) is 14.3 Å². The number of rotatable bonds is 7. The van der Waals surface area contributed by atoms with Gasteiger partial charge < -0.3 is 14.4 Å².